The number of hydrogen-bond acceptors (Lipinski definition) is 13. The van der Waals surface area contributed by atoms with Crippen molar-refractivity contribution in [1.29, 1.82) is 0 Å². The van der Waals surface area contributed by atoms with Crippen LogP contribution in [0.15, 0.2) is 77.7 Å². The number of ether oxygens (including phenoxy) is 2. The molecule has 3 heterocycles. The zero-order valence-electron chi connectivity index (χ0n) is 34.4. The van der Waals surface area contributed by atoms with Crippen LogP contribution in [0.3, 0.4) is 0 Å². The minimum absolute atomic E-state index is 0.0183. The second-order valence-electron chi connectivity index (χ2n) is 16.6. The summed E-state index contributed by atoms with van der Waals surface area (Å²) >= 11 is 1.37. The molecule has 61 heavy (non-hydrogen) atoms. The zero-order valence-corrected chi connectivity index (χ0v) is 36.0. The van der Waals surface area contributed by atoms with Gasteiger partial charge in [-0.25, -0.2) is 18.1 Å². The molecule has 4 amide bonds. The van der Waals surface area contributed by atoms with E-state index in [0.29, 0.717) is 40.7 Å². The lowest BCUT2D eigenvalue weighted by Crippen LogP contribution is -2.57. The molecule has 3 N–H and O–H groups in total. The van der Waals surface area contributed by atoms with Crippen molar-refractivity contribution >= 4 is 56.6 Å². The van der Waals surface area contributed by atoms with Crippen LogP contribution in [0.4, 0.5) is 5.69 Å². The van der Waals surface area contributed by atoms with E-state index in [4.69, 9.17) is 19.7 Å². The standard InChI is InChI=1S/C42H48N8O9S2/c1-7-26-22-42(26,40(55)48-61(56,57)31-17-13-27(14-18-31)44-24(2)51)45-36(52)32-21-28(23-49(32)38(53)33(41(3,4)5)39(54)59-30-9-8-10-30)50-46-34(25-11-15-29(58-6)16-12-25)35(47-50)37-43-19-20-60-37/h7,11-20,26,28,30,32-33H,1,8-10,21-23H2,2-6H3,(H,44,51)(H,45,52)(H,48,55)/t26-,28-,32+,33+,42+/m1/s1. The fourth-order valence-electron chi connectivity index (χ4n) is 7.63. The van der Waals surface area contributed by atoms with Gasteiger partial charge in [-0.15, -0.1) is 23.0 Å². The molecule has 2 aromatic heterocycles. The van der Waals surface area contributed by atoms with Crippen molar-refractivity contribution in [2.24, 2.45) is 17.3 Å². The molecule has 7 rings (SSSR count). The molecular formula is C42H48N8O9S2. The highest BCUT2D eigenvalue weighted by Crippen LogP contribution is 2.46. The summed E-state index contributed by atoms with van der Waals surface area (Å²) in [5, 5.41) is 17.5. The Morgan fingerprint density at radius 1 is 1.02 bits per heavy atom. The largest absolute Gasteiger partial charge is 0.497 e. The van der Waals surface area contributed by atoms with E-state index < -0.39 is 68.6 Å². The predicted octanol–water partition coefficient (Wildman–Crippen LogP) is 4.50. The van der Waals surface area contributed by atoms with Gasteiger partial charge >= 0.3 is 5.97 Å². The molecule has 2 saturated carbocycles. The summed E-state index contributed by atoms with van der Waals surface area (Å²) in [7, 11) is -2.87. The number of hydrogen-bond donors (Lipinski definition) is 3. The summed E-state index contributed by atoms with van der Waals surface area (Å²) in [6, 6.07) is 10.6. The third-order valence-electron chi connectivity index (χ3n) is 11.3. The fraction of sp³-hybridized carbons (Fsp3) is 0.429. The van der Waals surface area contributed by atoms with Crippen LogP contribution < -0.4 is 20.1 Å². The van der Waals surface area contributed by atoms with Crippen LogP contribution in [0, 0.1) is 17.3 Å². The minimum atomic E-state index is -4.44. The summed E-state index contributed by atoms with van der Waals surface area (Å²) in [5.41, 5.74) is -0.564. The number of benzene rings is 2. The fourth-order valence-corrected chi connectivity index (χ4v) is 9.29. The molecule has 2 aliphatic carbocycles. The number of amides is 4. The van der Waals surface area contributed by atoms with Gasteiger partial charge in [0.1, 0.15) is 45.7 Å². The Balaban J connectivity index is 1.21. The van der Waals surface area contributed by atoms with E-state index in [9.17, 15) is 32.4 Å². The van der Waals surface area contributed by atoms with E-state index in [1.807, 2.05) is 17.5 Å². The monoisotopic (exact) mass is 872 g/mol. The number of anilines is 1. The second kappa shape index (κ2) is 16.8. The van der Waals surface area contributed by atoms with Gasteiger partial charge in [-0.3, -0.25) is 24.0 Å². The van der Waals surface area contributed by atoms with Crippen molar-refractivity contribution < 1.29 is 41.9 Å². The van der Waals surface area contributed by atoms with Crippen molar-refractivity contribution in [3.05, 3.63) is 72.8 Å². The molecule has 3 aliphatic rings. The third-order valence-corrected chi connectivity index (χ3v) is 13.4. The average molecular weight is 873 g/mol. The number of methoxy groups -OCH3 is 1. The van der Waals surface area contributed by atoms with E-state index in [1.54, 1.807) is 46.2 Å². The maximum Gasteiger partial charge on any atom is 0.319 e. The molecular weight excluding hydrogens is 825 g/mol. The molecule has 3 fully saturated rings. The lowest BCUT2D eigenvalue weighted by Gasteiger charge is -2.35. The summed E-state index contributed by atoms with van der Waals surface area (Å²) < 4.78 is 40.1. The van der Waals surface area contributed by atoms with Crippen LogP contribution in [-0.2, 0) is 38.7 Å². The van der Waals surface area contributed by atoms with Gasteiger partial charge in [0.25, 0.3) is 15.9 Å². The Hall–Kier alpha value is -5.95. The van der Waals surface area contributed by atoms with Gasteiger partial charge in [0, 0.05) is 48.6 Å². The van der Waals surface area contributed by atoms with E-state index in [1.165, 1.54) is 58.3 Å². The number of aromatic nitrogens is 4. The molecule has 2 aromatic carbocycles. The van der Waals surface area contributed by atoms with E-state index in [0.717, 1.165) is 12.0 Å². The minimum Gasteiger partial charge on any atom is -0.497 e. The zero-order chi connectivity index (χ0) is 43.9. The SMILES string of the molecule is C=C[C@@H]1C[C@@]1(NC(=O)[C@@H]1C[C@@H](n2nc(-c3ccc(OC)cc3)c(-c3nccs3)n2)CN1C(=O)[C@@H](C(=O)OC1CCC1)C(C)(C)C)C(=O)NS(=O)(=O)c1ccc(NC(C)=O)cc1. The Kier molecular flexibility index (Phi) is 11.9. The number of thiazole rings is 1. The lowest BCUT2D eigenvalue weighted by molar-refractivity contribution is -0.169. The number of likely N-dealkylation sites (tertiary alicyclic amines) is 1. The molecule has 322 valence electrons. The van der Waals surface area contributed by atoms with Crippen LogP contribution in [-0.4, -0.2) is 94.2 Å². The molecule has 4 aromatic rings. The molecule has 0 spiro atoms. The quantitative estimate of drug-likeness (QED) is 0.0906. The Labute approximate surface area is 357 Å². The van der Waals surface area contributed by atoms with Crippen LogP contribution in [0.25, 0.3) is 22.0 Å². The van der Waals surface area contributed by atoms with E-state index >= 15 is 0 Å². The average Bonchev–Trinajstić information content (AvgIpc) is 3.63. The first kappa shape index (κ1) is 43.1. The van der Waals surface area contributed by atoms with Gasteiger partial charge in [0.15, 0.2) is 0 Å². The predicted molar refractivity (Wildman–Crippen MR) is 224 cm³/mol. The number of sulfonamides is 1. The van der Waals surface area contributed by atoms with Crippen molar-refractivity contribution in [2.45, 2.75) is 88.4 Å². The molecule has 0 radical (unpaired) electrons. The molecule has 1 aliphatic heterocycles. The summed E-state index contributed by atoms with van der Waals surface area (Å²) in [4.78, 5) is 75.6. The third kappa shape index (κ3) is 8.93. The summed E-state index contributed by atoms with van der Waals surface area (Å²) in [6.45, 7) is 10.3. The first-order valence-corrected chi connectivity index (χ1v) is 22.2. The van der Waals surface area contributed by atoms with Crippen molar-refractivity contribution in [3.63, 3.8) is 0 Å². The van der Waals surface area contributed by atoms with Crippen LogP contribution >= 0.6 is 11.3 Å². The smallest absolute Gasteiger partial charge is 0.319 e. The number of carbonyl (C=O) groups excluding carboxylic acids is 5. The molecule has 5 atom stereocenters. The van der Waals surface area contributed by atoms with E-state index in [2.05, 4.69) is 26.9 Å². The number of nitrogens with one attached hydrogen (secondary N) is 3. The Bertz CT molecular complexity index is 2440. The van der Waals surface area contributed by atoms with E-state index in [-0.39, 0.29) is 36.3 Å². The van der Waals surface area contributed by atoms with Gasteiger partial charge in [0.05, 0.1) is 18.0 Å². The first-order valence-electron chi connectivity index (χ1n) is 19.9. The molecule has 0 unspecified atom stereocenters. The van der Waals surface area contributed by atoms with Gasteiger partial charge in [-0.05, 0) is 79.6 Å². The van der Waals surface area contributed by atoms with Crippen molar-refractivity contribution in [2.75, 3.05) is 19.0 Å². The Morgan fingerprint density at radius 3 is 2.26 bits per heavy atom. The maximum atomic E-state index is 14.8. The number of carbonyl (C=O) groups is 5. The first-order chi connectivity index (χ1) is 28.9. The van der Waals surface area contributed by atoms with Crippen molar-refractivity contribution in [1.82, 2.24) is 34.9 Å². The second-order valence-corrected chi connectivity index (χ2v) is 19.2. The topological polar surface area (TPSA) is 221 Å². The highest BCUT2D eigenvalue weighted by Gasteiger charge is 2.62. The van der Waals surface area contributed by atoms with Crippen LogP contribution in [0.2, 0.25) is 0 Å². The van der Waals surface area contributed by atoms with Gasteiger partial charge in [-0.2, -0.15) is 9.90 Å². The molecule has 17 nitrogen and oxygen atoms in total. The van der Waals surface area contributed by atoms with Crippen LogP contribution in [0.5, 0.6) is 5.75 Å². The lowest BCUT2D eigenvalue weighted by atomic mass is 9.79. The molecule has 19 heteroatoms. The number of esters is 1. The van der Waals surface area contributed by atoms with Gasteiger partial charge < -0.3 is 25.0 Å². The number of nitrogens with zero attached hydrogens (tertiary/aromatic N) is 5. The molecule has 0 bridgehead atoms. The highest BCUT2D eigenvalue weighted by molar-refractivity contribution is 7.90. The van der Waals surface area contributed by atoms with Crippen molar-refractivity contribution in [3.8, 4) is 27.7 Å². The normalized spacial score (nSPS) is 21.7. The maximum absolute atomic E-state index is 14.8. The molecule has 1 saturated heterocycles. The Morgan fingerprint density at radius 2 is 1.70 bits per heavy atom. The van der Waals surface area contributed by atoms with Gasteiger partial charge in [-0.1, -0.05) is 26.8 Å². The highest BCUT2D eigenvalue weighted by atomic mass is 32.2. The summed E-state index contributed by atoms with van der Waals surface area (Å²) in [5.74, 6) is -4.68. The van der Waals surface area contributed by atoms with Crippen LogP contribution in [0.1, 0.15) is 65.8 Å². The van der Waals surface area contributed by atoms with Gasteiger partial charge in [0.2, 0.25) is 17.7 Å². The number of rotatable bonds is 14. The summed E-state index contributed by atoms with van der Waals surface area (Å²) in [6.07, 6.45) is 5.14.